The van der Waals surface area contributed by atoms with Crippen LogP contribution in [0.25, 0.3) is 243 Å². The van der Waals surface area contributed by atoms with Crippen molar-refractivity contribution in [1.29, 1.82) is 0 Å². The number of rotatable bonds is 12. The molecule has 128 heavy (non-hydrogen) atoms. The van der Waals surface area contributed by atoms with E-state index in [-0.39, 0.29) is 0 Å². The zero-order valence-electron chi connectivity index (χ0n) is 69.7. The molecule has 26 rings (SSSR count). The maximum Gasteiger partial charge on any atom is 0.0788 e. The molecule has 596 valence electrons. The molecular formula is C122H78N6. The van der Waals surface area contributed by atoms with Gasteiger partial charge in [-0.15, -0.1) is 0 Å². The third-order valence-corrected chi connectivity index (χ3v) is 26.2. The van der Waals surface area contributed by atoms with Crippen LogP contribution in [-0.2, 0) is 0 Å². The lowest BCUT2D eigenvalue weighted by molar-refractivity contribution is 1.18. The van der Waals surface area contributed by atoms with E-state index in [0.29, 0.717) is 0 Å². The van der Waals surface area contributed by atoms with Gasteiger partial charge in [0.25, 0.3) is 0 Å². The second kappa shape index (κ2) is 30.5. The van der Waals surface area contributed by atoms with E-state index in [9.17, 15) is 0 Å². The fourth-order valence-electron chi connectivity index (χ4n) is 20.2. The summed E-state index contributed by atoms with van der Waals surface area (Å²) in [6, 6.07) is 171. The van der Waals surface area contributed by atoms with E-state index < -0.39 is 0 Å². The molecule has 6 heteroatoms. The fraction of sp³-hybridized carbons (Fsp3) is 0. The zero-order valence-corrected chi connectivity index (χ0v) is 69.7. The van der Waals surface area contributed by atoms with Crippen molar-refractivity contribution in [2.45, 2.75) is 0 Å². The maximum atomic E-state index is 5.45. The third-order valence-electron chi connectivity index (χ3n) is 26.2. The van der Waals surface area contributed by atoms with Crippen LogP contribution in [0.15, 0.2) is 473 Å². The highest BCUT2D eigenvalue weighted by Crippen LogP contribution is 2.48. The van der Waals surface area contributed by atoms with Crippen molar-refractivity contribution in [2.24, 2.45) is 0 Å². The molecule has 0 N–H and O–H groups in total. The van der Waals surface area contributed by atoms with Gasteiger partial charge in [-0.1, -0.05) is 364 Å². The first-order valence-electron chi connectivity index (χ1n) is 43.9. The van der Waals surface area contributed by atoms with Gasteiger partial charge in [0.15, 0.2) is 0 Å². The summed E-state index contributed by atoms with van der Waals surface area (Å²) in [5.41, 5.74) is 34.4. The van der Waals surface area contributed by atoms with Gasteiger partial charge in [-0.25, -0.2) is 9.97 Å². The van der Waals surface area contributed by atoms with E-state index in [2.05, 4.69) is 491 Å². The molecule has 0 spiro atoms. The number of hydrogen-bond acceptors (Lipinski definition) is 2. The Labute approximate surface area is 738 Å². The molecule has 0 saturated carbocycles. The van der Waals surface area contributed by atoms with Gasteiger partial charge in [0.2, 0.25) is 0 Å². The Bertz CT molecular complexity index is 8610. The maximum absolute atomic E-state index is 5.45. The second-order valence-electron chi connectivity index (χ2n) is 33.4. The first kappa shape index (κ1) is 73.6. The smallest absolute Gasteiger partial charge is 0.0788 e. The van der Waals surface area contributed by atoms with Gasteiger partial charge >= 0.3 is 0 Å². The molecule has 0 aliphatic heterocycles. The third kappa shape index (κ3) is 12.3. The quantitative estimate of drug-likeness (QED) is 0.114. The van der Waals surface area contributed by atoms with Crippen LogP contribution in [-0.4, -0.2) is 28.2 Å². The van der Waals surface area contributed by atoms with Crippen molar-refractivity contribution in [3.05, 3.63) is 473 Å². The monoisotopic (exact) mass is 1630 g/mol. The molecule has 6 heterocycles. The summed E-state index contributed by atoms with van der Waals surface area (Å²) in [4.78, 5) is 10.8. The topological polar surface area (TPSA) is 45.5 Å². The van der Waals surface area contributed by atoms with Gasteiger partial charge < -0.3 is 18.3 Å². The van der Waals surface area contributed by atoms with E-state index in [4.69, 9.17) is 9.97 Å². The molecule has 0 aliphatic carbocycles. The highest BCUT2D eigenvalue weighted by Gasteiger charge is 2.25. The Morgan fingerprint density at radius 2 is 0.352 bits per heavy atom. The molecule has 0 aliphatic rings. The molecule has 6 nitrogen and oxygen atoms in total. The largest absolute Gasteiger partial charge is 0.309 e. The van der Waals surface area contributed by atoms with Crippen molar-refractivity contribution in [1.82, 2.24) is 28.2 Å². The van der Waals surface area contributed by atoms with Crippen molar-refractivity contribution >= 4 is 131 Å². The van der Waals surface area contributed by atoms with Gasteiger partial charge in [-0.2, -0.15) is 0 Å². The van der Waals surface area contributed by atoms with Crippen molar-refractivity contribution in [3.8, 4) is 112 Å². The van der Waals surface area contributed by atoms with E-state index in [1.807, 2.05) is 0 Å². The molecule has 0 saturated heterocycles. The molecule has 20 aromatic carbocycles. The van der Waals surface area contributed by atoms with Crippen LogP contribution >= 0.6 is 0 Å². The predicted molar refractivity (Wildman–Crippen MR) is 539 cm³/mol. The minimum absolute atomic E-state index is 0.975. The Balaban J connectivity index is 0.000000141. The molecule has 6 aromatic heterocycles. The number of aromatic nitrogens is 6. The normalized spacial score (nSPS) is 11.8. The Morgan fingerprint density at radius 3 is 0.680 bits per heavy atom. The summed E-state index contributed by atoms with van der Waals surface area (Å²) in [6.07, 6.45) is 0. The van der Waals surface area contributed by atoms with E-state index in [1.54, 1.807) is 0 Å². The summed E-state index contributed by atoms with van der Waals surface area (Å²) in [7, 11) is 0. The number of para-hydroxylation sites is 6. The molecule has 0 bridgehead atoms. The Hall–Kier alpha value is -17.1. The van der Waals surface area contributed by atoms with Gasteiger partial charge in [0, 0.05) is 109 Å². The van der Waals surface area contributed by atoms with Crippen LogP contribution in [0, 0.1) is 0 Å². The SMILES string of the molecule is c1ccc(-c2ccc(-c3ccc4c5ccc(-c6ccc(-c7ccccc7)cc6)cc5n(-c5ccc(-c6nc7ccccc7c7c6ccc6c7c7ccccc7n6-c6ccccc6)cc5)c4c3)cc2)cc1.c1ccc(-c2ccc3c4ccc(-c5ccccc5)cc4n(-c4ccc(-c5nc6ccccc6c6c5ccc5c6c6ccccc6n5-c5ccccc5)cc4)c3c2)cc1. The van der Waals surface area contributed by atoms with Gasteiger partial charge in [0.05, 0.1) is 66.6 Å². The van der Waals surface area contributed by atoms with Crippen LogP contribution in [0.2, 0.25) is 0 Å². The van der Waals surface area contributed by atoms with Crippen LogP contribution in [0.4, 0.5) is 0 Å². The van der Waals surface area contributed by atoms with Crippen molar-refractivity contribution < 1.29 is 0 Å². The van der Waals surface area contributed by atoms with E-state index in [1.165, 1.54) is 154 Å². The first-order chi connectivity index (χ1) is 63.5. The van der Waals surface area contributed by atoms with Gasteiger partial charge in [-0.3, -0.25) is 0 Å². The zero-order chi connectivity index (χ0) is 84.3. The highest BCUT2D eigenvalue weighted by atomic mass is 15.0. The van der Waals surface area contributed by atoms with Gasteiger partial charge in [-0.05, 0) is 176 Å². The Kier molecular flexibility index (Phi) is 17.5. The summed E-state index contributed by atoms with van der Waals surface area (Å²) < 4.78 is 9.68. The average molecular weight is 1630 g/mol. The predicted octanol–water partition coefficient (Wildman–Crippen LogP) is 32.5. The molecule has 0 unspecified atom stereocenters. The molecule has 26 aromatic rings. The first-order valence-corrected chi connectivity index (χ1v) is 43.9. The minimum Gasteiger partial charge on any atom is -0.309 e. The number of pyridine rings is 2. The number of nitrogens with zero attached hydrogens (tertiary/aromatic N) is 6. The fourth-order valence-corrected chi connectivity index (χ4v) is 20.2. The summed E-state index contributed by atoms with van der Waals surface area (Å²) in [5.74, 6) is 0. The lowest BCUT2D eigenvalue weighted by Gasteiger charge is -2.14. The molecule has 0 atom stereocenters. The van der Waals surface area contributed by atoms with E-state index >= 15 is 0 Å². The standard InChI is InChI=1S/C67H43N3.C55H35N3/c1-4-14-44(15-5-1)46-24-28-48(29-25-46)51-34-38-55-56-39-35-52(49-30-26-47(27-31-49)45-16-6-2-7-17-45)43-64(56)70(63(55)42-51)54-36-32-50(33-37-54)67-59-40-41-62-66(65(59)57-20-10-12-22-60(57)68-67)58-21-11-13-23-61(58)69(62)53-18-8-3-9-19-53;1-4-14-36(15-5-1)39-26-30-43-44-31-27-40(37-16-6-2-7-17-37)35-52(44)58(51(43)34-39)42-28-24-38(25-29-42)55-47-32-33-50-54(53(47)45-20-10-12-22-48(45)56-55)46-21-11-13-23-49(46)57(50)41-18-8-3-9-19-41/h1-43H;1-35H. The van der Waals surface area contributed by atoms with Crippen LogP contribution in [0.5, 0.6) is 0 Å². The summed E-state index contributed by atoms with van der Waals surface area (Å²) in [6.45, 7) is 0. The molecule has 0 fully saturated rings. The second-order valence-corrected chi connectivity index (χ2v) is 33.4. The van der Waals surface area contributed by atoms with Gasteiger partial charge in [0.1, 0.15) is 0 Å². The lowest BCUT2D eigenvalue weighted by Crippen LogP contribution is -1.96. The lowest BCUT2D eigenvalue weighted by atomic mass is 9.96. The highest BCUT2D eigenvalue weighted by molar-refractivity contribution is 6.31. The number of hydrogen-bond donors (Lipinski definition) is 0. The minimum atomic E-state index is 0.975. The van der Waals surface area contributed by atoms with Crippen LogP contribution in [0.3, 0.4) is 0 Å². The number of fused-ring (bicyclic) bond motifs is 20. The van der Waals surface area contributed by atoms with E-state index in [0.717, 1.165) is 88.9 Å². The molecule has 0 radical (unpaired) electrons. The molecular weight excluding hydrogens is 1550 g/mol. The summed E-state index contributed by atoms with van der Waals surface area (Å²) >= 11 is 0. The van der Waals surface area contributed by atoms with Crippen LogP contribution < -0.4 is 0 Å². The van der Waals surface area contributed by atoms with Crippen molar-refractivity contribution in [3.63, 3.8) is 0 Å². The average Bonchev–Trinajstić information content (AvgIpc) is 1.54. The van der Waals surface area contributed by atoms with Crippen molar-refractivity contribution in [2.75, 3.05) is 0 Å². The van der Waals surface area contributed by atoms with Crippen LogP contribution in [0.1, 0.15) is 0 Å². The molecule has 0 amide bonds. The summed E-state index contributed by atoms with van der Waals surface area (Å²) in [5, 5.41) is 16.9. The number of benzene rings is 20. The Morgan fingerprint density at radius 1 is 0.125 bits per heavy atom.